The summed E-state index contributed by atoms with van der Waals surface area (Å²) in [5, 5.41) is 1.81. The number of aromatic nitrogens is 1. The quantitative estimate of drug-likeness (QED) is 0.206. The molecule has 1 saturated heterocycles. The number of likely N-dealkylation sites (tertiary alicyclic amines) is 1. The van der Waals surface area contributed by atoms with Gasteiger partial charge in [-0.15, -0.1) is 13.2 Å². The first kappa shape index (κ1) is 27.4. The molecule has 5 rings (SSSR count). The number of aryl methyl sites for hydroxylation is 1. The Morgan fingerprint density at radius 2 is 1.62 bits per heavy atom. The zero-order valence-electron chi connectivity index (χ0n) is 21.9. The van der Waals surface area contributed by atoms with Crippen molar-refractivity contribution in [1.29, 1.82) is 0 Å². The number of unbranched alkanes of at least 4 members (excludes halogenated alkanes) is 1. The summed E-state index contributed by atoms with van der Waals surface area (Å²) in [6, 6.07) is 20.2. The van der Waals surface area contributed by atoms with Crippen LogP contribution < -0.4 is 9.47 Å². The van der Waals surface area contributed by atoms with E-state index in [1.165, 1.54) is 17.7 Å². The number of piperidine rings is 1. The summed E-state index contributed by atoms with van der Waals surface area (Å²) < 4.78 is 50.3. The molecule has 4 nitrogen and oxygen atoms in total. The number of benzene rings is 3. The van der Waals surface area contributed by atoms with E-state index in [0.29, 0.717) is 5.02 Å². The van der Waals surface area contributed by atoms with Crippen LogP contribution in [0.25, 0.3) is 22.0 Å². The number of nitrogens with zero attached hydrogens (tertiary/aromatic N) is 2. The highest BCUT2D eigenvalue weighted by molar-refractivity contribution is 6.30. The van der Waals surface area contributed by atoms with E-state index in [0.717, 1.165) is 79.6 Å². The summed E-state index contributed by atoms with van der Waals surface area (Å²) in [4.78, 5) is 2.44. The van der Waals surface area contributed by atoms with Crippen molar-refractivity contribution in [2.45, 2.75) is 58.2 Å². The van der Waals surface area contributed by atoms with Crippen LogP contribution in [0.2, 0.25) is 5.02 Å². The van der Waals surface area contributed by atoms with Gasteiger partial charge < -0.3 is 14.0 Å². The predicted octanol–water partition coefficient (Wildman–Crippen LogP) is 8.70. The maximum Gasteiger partial charge on any atom is 0.573 e. The van der Waals surface area contributed by atoms with Gasteiger partial charge in [0.1, 0.15) is 17.6 Å². The molecular weight excluding hydrogens is 525 g/mol. The van der Waals surface area contributed by atoms with Crippen LogP contribution in [-0.2, 0) is 13.1 Å². The van der Waals surface area contributed by atoms with Gasteiger partial charge in [0.2, 0.25) is 0 Å². The van der Waals surface area contributed by atoms with Crippen LogP contribution >= 0.6 is 11.6 Å². The van der Waals surface area contributed by atoms with Gasteiger partial charge >= 0.3 is 6.36 Å². The molecule has 0 radical (unpaired) electrons. The summed E-state index contributed by atoms with van der Waals surface area (Å²) >= 11 is 5.98. The van der Waals surface area contributed by atoms with Crippen molar-refractivity contribution in [1.82, 2.24) is 9.47 Å². The molecule has 1 aliphatic heterocycles. The van der Waals surface area contributed by atoms with E-state index in [9.17, 15) is 13.2 Å². The van der Waals surface area contributed by atoms with Gasteiger partial charge in [0.25, 0.3) is 0 Å². The Morgan fingerprint density at radius 1 is 0.923 bits per heavy atom. The topological polar surface area (TPSA) is 26.6 Å². The molecule has 0 aliphatic carbocycles. The molecule has 2 heterocycles. The van der Waals surface area contributed by atoms with Crippen LogP contribution in [0.3, 0.4) is 0 Å². The maximum absolute atomic E-state index is 12.6. The molecule has 0 unspecified atom stereocenters. The summed E-state index contributed by atoms with van der Waals surface area (Å²) in [5.74, 6) is 0.631. The van der Waals surface area contributed by atoms with Crippen molar-refractivity contribution in [3.8, 4) is 22.6 Å². The largest absolute Gasteiger partial charge is 0.573 e. The molecule has 1 fully saturated rings. The van der Waals surface area contributed by atoms with Gasteiger partial charge in [-0.05, 0) is 78.9 Å². The summed E-state index contributed by atoms with van der Waals surface area (Å²) in [6.07, 6.45) is 1.64. The Hall–Kier alpha value is -3.16. The predicted molar refractivity (Wildman–Crippen MR) is 149 cm³/mol. The van der Waals surface area contributed by atoms with Gasteiger partial charge in [0.05, 0.1) is 0 Å². The fourth-order valence-corrected chi connectivity index (χ4v) is 5.30. The van der Waals surface area contributed by atoms with Crippen molar-refractivity contribution in [2.75, 3.05) is 13.1 Å². The zero-order valence-corrected chi connectivity index (χ0v) is 22.6. The second kappa shape index (κ2) is 11.9. The average Bonchev–Trinajstić information content (AvgIpc) is 3.27. The number of ether oxygens (including phenoxy) is 2. The Morgan fingerprint density at radius 3 is 2.28 bits per heavy atom. The summed E-state index contributed by atoms with van der Waals surface area (Å²) in [5.41, 5.74) is 4.22. The molecule has 3 aromatic carbocycles. The normalized spacial score (nSPS) is 15.1. The number of fused-ring (bicyclic) bond motifs is 1. The molecule has 0 spiro atoms. The third-order valence-corrected chi connectivity index (χ3v) is 7.41. The molecule has 0 amide bonds. The first-order chi connectivity index (χ1) is 18.8. The average molecular weight is 557 g/mol. The highest BCUT2D eigenvalue weighted by Crippen LogP contribution is 2.34. The van der Waals surface area contributed by atoms with E-state index in [-0.39, 0.29) is 11.9 Å². The van der Waals surface area contributed by atoms with Gasteiger partial charge in [0, 0.05) is 53.9 Å². The number of rotatable bonds is 9. The second-order valence-electron chi connectivity index (χ2n) is 10.1. The SMILES string of the molecule is CCCCn1cc(-c2ccc(OC(F)(F)F)cc2)c2cc(CN3CCC(Oc4ccc(Cl)cc4)CC3)ccc21. The van der Waals surface area contributed by atoms with Crippen LogP contribution in [0.5, 0.6) is 11.5 Å². The van der Waals surface area contributed by atoms with Gasteiger partial charge in [-0.1, -0.05) is 43.1 Å². The highest BCUT2D eigenvalue weighted by atomic mass is 35.5. The van der Waals surface area contributed by atoms with Crippen LogP contribution in [0, 0.1) is 0 Å². The number of hydrogen-bond donors (Lipinski definition) is 0. The molecule has 1 aromatic heterocycles. The Labute approximate surface area is 231 Å². The van der Waals surface area contributed by atoms with Gasteiger partial charge in [-0.2, -0.15) is 0 Å². The van der Waals surface area contributed by atoms with Crippen molar-refractivity contribution >= 4 is 22.5 Å². The van der Waals surface area contributed by atoms with Gasteiger partial charge in [0.15, 0.2) is 0 Å². The maximum atomic E-state index is 12.6. The van der Waals surface area contributed by atoms with Crippen molar-refractivity contribution < 1.29 is 22.6 Å². The molecule has 39 heavy (non-hydrogen) atoms. The third-order valence-electron chi connectivity index (χ3n) is 7.15. The molecule has 0 saturated carbocycles. The zero-order chi connectivity index (χ0) is 27.4. The minimum atomic E-state index is -4.71. The molecular formula is C31H32ClF3N2O2. The Balaban J connectivity index is 1.31. The first-order valence-corrected chi connectivity index (χ1v) is 13.8. The van der Waals surface area contributed by atoms with Crippen LogP contribution in [0.1, 0.15) is 38.2 Å². The van der Waals surface area contributed by atoms with E-state index in [2.05, 4.69) is 45.5 Å². The lowest BCUT2D eigenvalue weighted by molar-refractivity contribution is -0.274. The monoisotopic (exact) mass is 556 g/mol. The minimum Gasteiger partial charge on any atom is -0.490 e. The summed E-state index contributed by atoms with van der Waals surface area (Å²) in [7, 11) is 0. The van der Waals surface area contributed by atoms with Crippen molar-refractivity contribution in [3.05, 3.63) is 83.5 Å². The number of alkyl halides is 3. The lowest BCUT2D eigenvalue weighted by atomic mass is 10.0. The first-order valence-electron chi connectivity index (χ1n) is 13.4. The Kier molecular flexibility index (Phi) is 8.38. The Bertz CT molecular complexity index is 1380. The lowest BCUT2D eigenvalue weighted by Gasteiger charge is -2.32. The van der Waals surface area contributed by atoms with Crippen LogP contribution in [0.15, 0.2) is 72.9 Å². The molecule has 8 heteroatoms. The van der Waals surface area contributed by atoms with Gasteiger partial charge in [-0.25, -0.2) is 0 Å². The molecule has 1 aliphatic rings. The molecule has 206 valence electrons. The van der Waals surface area contributed by atoms with Crippen molar-refractivity contribution in [2.24, 2.45) is 0 Å². The minimum absolute atomic E-state index is 0.188. The van der Waals surface area contributed by atoms with Crippen LogP contribution in [-0.4, -0.2) is 35.0 Å². The fraction of sp³-hybridized carbons (Fsp3) is 0.355. The van der Waals surface area contributed by atoms with E-state index < -0.39 is 6.36 Å². The third kappa shape index (κ3) is 7.08. The lowest BCUT2D eigenvalue weighted by Crippen LogP contribution is -2.37. The number of halogens is 4. The smallest absolute Gasteiger partial charge is 0.490 e. The van der Waals surface area contributed by atoms with Gasteiger partial charge in [-0.3, -0.25) is 4.90 Å². The fourth-order valence-electron chi connectivity index (χ4n) is 5.17. The van der Waals surface area contributed by atoms with Crippen molar-refractivity contribution in [3.63, 3.8) is 0 Å². The van der Waals surface area contributed by atoms with E-state index in [1.807, 2.05) is 24.3 Å². The van der Waals surface area contributed by atoms with Crippen LogP contribution in [0.4, 0.5) is 13.2 Å². The standard InChI is InChI=1S/C31H32ClF3N2O2/c1-2-3-16-37-21-29(23-5-9-27(10-6-23)39-31(33,34)35)28-19-22(4-13-30(28)37)20-36-17-14-26(15-18-36)38-25-11-7-24(32)8-12-25/h4-13,19,21,26H,2-3,14-18,20H2,1H3. The molecule has 0 bridgehead atoms. The van der Waals surface area contributed by atoms with E-state index >= 15 is 0 Å². The molecule has 0 N–H and O–H groups in total. The number of hydrogen-bond acceptors (Lipinski definition) is 3. The highest BCUT2D eigenvalue weighted by Gasteiger charge is 2.31. The molecule has 4 aromatic rings. The molecule has 0 atom stereocenters. The second-order valence-corrected chi connectivity index (χ2v) is 10.5. The summed E-state index contributed by atoms with van der Waals surface area (Å²) in [6.45, 7) is 5.78. The van der Waals surface area contributed by atoms with E-state index in [4.69, 9.17) is 16.3 Å². The van der Waals surface area contributed by atoms with E-state index in [1.54, 1.807) is 12.1 Å².